The van der Waals surface area contributed by atoms with E-state index in [0.29, 0.717) is 16.7 Å². The SMILES string of the molecule is O=C1CCC(N2Cc3cc(CNC(=O)C(F)(F)c4ccccn4)ccc3C2=O)C(=O)N1. The number of carbonyl (C=O) groups is 4. The Morgan fingerprint density at radius 2 is 2.03 bits per heavy atom. The number of imide groups is 1. The van der Waals surface area contributed by atoms with Crippen LogP contribution >= 0.6 is 0 Å². The molecule has 10 heteroatoms. The zero-order valence-corrected chi connectivity index (χ0v) is 16.2. The van der Waals surface area contributed by atoms with Crippen molar-refractivity contribution in [2.45, 2.75) is 37.9 Å². The van der Waals surface area contributed by atoms with E-state index in [2.05, 4.69) is 15.6 Å². The first-order valence-electron chi connectivity index (χ1n) is 9.61. The van der Waals surface area contributed by atoms with Gasteiger partial charge in [0.05, 0.1) is 0 Å². The second-order valence-electron chi connectivity index (χ2n) is 7.36. The Balaban J connectivity index is 1.43. The Bertz CT molecular complexity index is 1070. The van der Waals surface area contributed by atoms with E-state index in [1.54, 1.807) is 18.2 Å². The standard InChI is InChI=1S/C21H18F2N4O4/c22-21(23,16-3-1-2-8-24-16)20(31)25-10-12-4-5-14-13(9-12)11-27(19(14)30)15-6-7-17(28)26-18(15)29/h1-5,8-9,15H,6-7,10-11H2,(H,25,31)(H,26,28,29). The van der Waals surface area contributed by atoms with Gasteiger partial charge in [-0.15, -0.1) is 0 Å². The zero-order valence-electron chi connectivity index (χ0n) is 16.2. The van der Waals surface area contributed by atoms with Gasteiger partial charge in [-0.3, -0.25) is 29.5 Å². The highest BCUT2D eigenvalue weighted by Gasteiger charge is 2.42. The van der Waals surface area contributed by atoms with Gasteiger partial charge in [-0.2, -0.15) is 8.78 Å². The summed E-state index contributed by atoms with van der Waals surface area (Å²) in [6.07, 6.45) is 1.58. The number of hydrogen-bond acceptors (Lipinski definition) is 5. The highest BCUT2D eigenvalue weighted by Crippen LogP contribution is 2.29. The Hall–Kier alpha value is -3.69. The van der Waals surface area contributed by atoms with E-state index in [-0.39, 0.29) is 37.7 Å². The number of benzene rings is 1. The number of rotatable bonds is 5. The smallest absolute Gasteiger partial charge is 0.346 e. The van der Waals surface area contributed by atoms with Crippen molar-refractivity contribution >= 4 is 23.6 Å². The van der Waals surface area contributed by atoms with E-state index in [0.717, 1.165) is 6.07 Å². The van der Waals surface area contributed by atoms with E-state index in [9.17, 15) is 28.0 Å². The molecule has 1 aromatic carbocycles. The number of aromatic nitrogens is 1. The second kappa shape index (κ2) is 7.86. The van der Waals surface area contributed by atoms with Gasteiger partial charge >= 0.3 is 5.92 Å². The monoisotopic (exact) mass is 428 g/mol. The summed E-state index contributed by atoms with van der Waals surface area (Å²) in [4.78, 5) is 53.0. The molecule has 1 unspecified atom stereocenters. The summed E-state index contributed by atoms with van der Waals surface area (Å²) in [6.45, 7) is -0.00648. The summed E-state index contributed by atoms with van der Waals surface area (Å²) in [6, 6.07) is 7.92. The molecule has 160 valence electrons. The number of hydrogen-bond donors (Lipinski definition) is 2. The van der Waals surface area contributed by atoms with Gasteiger partial charge in [0.2, 0.25) is 11.8 Å². The molecular weight excluding hydrogens is 410 g/mol. The van der Waals surface area contributed by atoms with E-state index in [4.69, 9.17) is 0 Å². The minimum atomic E-state index is -3.78. The van der Waals surface area contributed by atoms with Crippen molar-refractivity contribution in [1.29, 1.82) is 0 Å². The highest BCUT2D eigenvalue weighted by atomic mass is 19.3. The van der Waals surface area contributed by atoms with Crippen LogP contribution in [-0.2, 0) is 33.4 Å². The molecule has 1 aromatic heterocycles. The van der Waals surface area contributed by atoms with Crippen molar-refractivity contribution < 1.29 is 28.0 Å². The third-order valence-electron chi connectivity index (χ3n) is 5.31. The first kappa shape index (κ1) is 20.6. The fraction of sp³-hybridized carbons (Fsp3) is 0.286. The number of carbonyl (C=O) groups excluding carboxylic acids is 4. The highest BCUT2D eigenvalue weighted by molar-refractivity contribution is 6.05. The molecule has 31 heavy (non-hydrogen) atoms. The number of pyridine rings is 1. The van der Waals surface area contributed by atoms with Crippen LogP contribution in [0.25, 0.3) is 0 Å². The lowest BCUT2D eigenvalue weighted by Gasteiger charge is -2.29. The van der Waals surface area contributed by atoms with Crippen molar-refractivity contribution in [3.05, 3.63) is 65.0 Å². The third-order valence-corrected chi connectivity index (χ3v) is 5.31. The molecule has 1 saturated heterocycles. The number of nitrogens with one attached hydrogen (secondary N) is 2. The molecule has 1 fully saturated rings. The molecule has 0 radical (unpaired) electrons. The predicted molar refractivity (Wildman–Crippen MR) is 102 cm³/mol. The van der Waals surface area contributed by atoms with Gasteiger partial charge in [0.15, 0.2) is 0 Å². The molecule has 2 N–H and O–H groups in total. The second-order valence-corrected chi connectivity index (χ2v) is 7.36. The lowest BCUT2D eigenvalue weighted by Crippen LogP contribution is -2.52. The first-order chi connectivity index (χ1) is 14.8. The maximum atomic E-state index is 14.3. The topological polar surface area (TPSA) is 108 Å². The van der Waals surface area contributed by atoms with Crippen LogP contribution in [-0.4, -0.2) is 39.6 Å². The fourth-order valence-corrected chi connectivity index (χ4v) is 3.70. The predicted octanol–water partition coefficient (Wildman–Crippen LogP) is 1.25. The van der Waals surface area contributed by atoms with E-state index in [1.807, 2.05) is 0 Å². The fourth-order valence-electron chi connectivity index (χ4n) is 3.70. The van der Waals surface area contributed by atoms with Gasteiger partial charge in [-0.05, 0) is 35.7 Å². The average Bonchev–Trinajstić information content (AvgIpc) is 3.08. The van der Waals surface area contributed by atoms with Gasteiger partial charge in [-0.1, -0.05) is 18.2 Å². The van der Waals surface area contributed by atoms with E-state index >= 15 is 0 Å². The molecule has 0 bridgehead atoms. The van der Waals surface area contributed by atoms with Gasteiger partial charge < -0.3 is 10.2 Å². The summed E-state index contributed by atoms with van der Waals surface area (Å²) in [5, 5.41) is 4.43. The molecule has 2 aliphatic heterocycles. The molecule has 0 aliphatic carbocycles. The zero-order chi connectivity index (χ0) is 22.2. The van der Waals surface area contributed by atoms with Gasteiger partial charge in [-0.25, -0.2) is 0 Å². The first-order valence-corrected chi connectivity index (χ1v) is 9.61. The Morgan fingerprint density at radius 1 is 1.23 bits per heavy atom. The Kier molecular flexibility index (Phi) is 5.22. The quantitative estimate of drug-likeness (QED) is 0.697. The normalized spacial score (nSPS) is 18.6. The van der Waals surface area contributed by atoms with Crippen LogP contribution in [0.1, 0.15) is 40.0 Å². The Labute approximate surface area is 175 Å². The molecular formula is C21H18F2N4O4. The molecule has 4 amide bonds. The molecule has 8 nitrogen and oxygen atoms in total. The van der Waals surface area contributed by atoms with Crippen molar-refractivity contribution in [3.63, 3.8) is 0 Å². The molecule has 2 aromatic rings. The molecule has 0 spiro atoms. The molecule has 1 atom stereocenters. The average molecular weight is 428 g/mol. The molecule has 3 heterocycles. The summed E-state index contributed by atoms with van der Waals surface area (Å²) in [5.74, 6) is -6.47. The van der Waals surface area contributed by atoms with Crippen LogP contribution < -0.4 is 10.6 Å². The molecule has 0 saturated carbocycles. The van der Waals surface area contributed by atoms with Crippen LogP contribution in [0.4, 0.5) is 8.78 Å². The Morgan fingerprint density at radius 3 is 2.74 bits per heavy atom. The van der Waals surface area contributed by atoms with Crippen LogP contribution in [0.15, 0.2) is 42.6 Å². The van der Waals surface area contributed by atoms with Crippen molar-refractivity contribution in [1.82, 2.24) is 20.5 Å². The maximum absolute atomic E-state index is 14.3. The van der Waals surface area contributed by atoms with Crippen LogP contribution in [0.3, 0.4) is 0 Å². The lowest BCUT2D eigenvalue weighted by molar-refractivity contribution is -0.147. The maximum Gasteiger partial charge on any atom is 0.366 e. The van der Waals surface area contributed by atoms with Crippen molar-refractivity contribution in [2.24, 2.45) is 0 Å². The third kappa shape index (κ3) is 3.88. The minimum absolute atomic E-state index is 0.151. The van der Waals surface area contributed by atoms with Crippen LogP contribution in [0, 0.1) is 0 Å². The van der Waals surface area contributed by atoms with Crippen LogP contribution in [0.2, 0.25) is 0 Å². The van der Waals surface area contributed by atoms with Gasteiger partial charge in [0.25, 0.3) is 11.8 Å². The van der Waals surface area contributed by atoms with Gasteiger partial charge in [0, 0.05) is 31.3 Å². The van der Waals surface area contributed by atoms with E-state index < -0.39 is 29.5 Å². The minimum Gasteiger partial charge on any atom is -0.346 e. The molecule has 2 aliphatic rings. The van der Waals surface area contributed by atoms with Gasteiger partial charge in [0.1, 0.15) is 11.7 Å². The number of nitrogens with zero attached hydrogens (tertiary/aromatic N) is 2. The number of alkyl halides is 2. The summed E-state index contributed by atoms with van der Waals surface area (Å²) < 4.78 is 28.5. The summed E-state index contributed by atoms with van der Waals surface area (Å²) in [7, 11) is 0. The number of halogens is 2. The largest absolute Gasteiger partial charge is 0.366 e. The van der Waals surface area contributed by atoms with Crippen molar-refractivity contribution in [2.75, 3.05) is 0 Å². The number of piperidine rings is 1. The summed E-state index contributed by atoms with van der Waals surface area (Å²) >= 11 is 0. The summed E-state index contributed by atoms with van der Waals surface area (Å²) in [5.41, 5.74) is 0.908. The lowest BCUT2D eigenvalue weighted by atomic mass is 10.0. The molecule has 4 rings (SSSR count). The number of fused-ring (bicyclic) bond motifs is 1. The van der Waals surface area contributed by atoms with E-state index in [1.165, 1.54) is 23.2 Å². The number of amides is 4. The van der Waals surface area contributed by atoms with Crippen molar-refractivity contribution in [3.8, 4) is 0 Å². The van der Waals surface area contributed by atoms with Crippen LogP contribution in [0.5, 0.6) is 0 Å².